The summed E-state index contributed by atoms with van der Waals surface area (Å²) in [6.07, 6.45) is 0. The lowest BCUT2D eigenvalue weighted by molar-refractivity contribution is 0.193. The van der Waals surface area contributed by atoms with Crippen molar-refractivity contribution in [2.75, 3.05) is 20.7 Å². The van der Waals surface area contributed by atoms with Gasteiger partial charge in [0, 0.05) is 23.5 Å². The molecule has 0 spiro atoms. The van der Waals surface area contributed by atoms with Crippen LogP contribution in [0, 0.1) is 0 Å². The van der Waals surface area contributed by atoms with E-state index in [0.29, 0.717) is 23.4 Å². The zero-order chi connectivity index (χ0) is 15.4. The predicted octanol–water partition coefficient (Wildman–Crippen LogP) is 4.10. The molecule has 0 saturated heterocycles. The van der Waals surface area contributed by atoms with E-state index in [1.807, 2.05) is 18.2 Å². The molecule has 2 unspecified atom stereocenters. The van der Waals surface area contributed by atoms with E-state index in [1.54, 1.807) is 18.4 Å². The summed E-state index contributed by atoms with van der Waals surface area (Å²) in [4.78, 5) is 3.61. The average Bonchev–Trinajstić information content (AvgIpc) is 3.01. The highest BCUT2D eigenvalue weighted by atomic mass is 35.5. The Labute approximate surface area is 135 Å². The fraction of sp³-hybridized carbons (Fsp3) is 0.375. The van der Waals surface area contributed by atoms with Gasteiger partial charge in [-0.3, -0.25) is 4.90 Å². The smallest absolute Gasteiger partial charge is 0.137 e. The molecule has 2 N–H and O–H groups in total. The standard InChI is InChI=1S/C16H21ClN2OS/c1-11(16-5-4-8-21-16)19(2)14(10-18)12-6-7-15(20-3)13(17)9-12/h4-9,11,14H,10,18H2,1-3H3. The second-order valence-electron chi connectivity index (χ2n) is 5.00. The minimum atomic E-state index is 0.116. The zero-order valence-corrected chi connectivity index (χ0v) is 14.1. The molecule has 21 heavy (non-hydrogen) atoms. The van der Waals surface area contributed by atoms with Gasteiger partial charge >= 0.3 is 0 Å². The molecule has 0 fully saturated rings. The number of likely N-dealkylation sites (N-methyl/N-ethyl adjacent to an activating group) is 1. The molecule has 5 heteroatoms. The summed E-state index contributed by atoms with van der Waals surface area (Å²) in [6, 6.07) is 10.5. The van der Waals surface area contributed by atoms with Gasteiger partial charge in [0.2, 0.25) is 0 Å². The van der Waals surface area contributed by atoms with Crippen LogP contribution in [0.1, 0.15) is 29.4 Å². The molecule has 2 atom stereocenters. The normalized spacial score (nSPS) is 14.2. The van der Waals surface area contributed by atoms with Crippen molar-refractivity contribution in [1.82, 2.24) is 4.90 Å². The van der Waals surface area contributed by atoms with Crippen LogP contribution in [-0.4, -0.2) is 25.6 Å². The van der Waals surface area contributed by atoms with Crippen LogP contribution in [-0.2, 0) is 0 Å². The van der Waals surface area contributed by atoms with Crippen molar-refractivity contribution in [3.63, 3.8) is 0 Å². The first-order valence-corrected chi connectivity index (χ1v) is 8.13. The third-order valence-electron chi connectivity index (χ3n) is 3.84. The maximum atomic E-state index is 6.23. The summed E-state index contributed by atoms with van der Waals surface area (Å²) >= 11 is 8.00. The molecule has 0 bridgehead atoms. The van der Waals surface area contributed by atoms with Gasteiger partial charge in [0.1, 0.15) is 5.75 Å². The largest absolute Gasteiger partial charge is 0.495 e. The first-order chi connectivity index (χ1) is 10.1. The minimum Gasteiger partial charge on any atom is -0.495 e. The van der Waals surface area contributed by atoms with Gasteiger partial charge in [0.15, 0.2) is 0 Å². The Morgan fingerprint density at radius 2 is 2.14 bits per heavy atom. The first kappa shape index (κ1) is 16.3. The van der Waals surface area contributed by atoms with Crippen LogP contribution < -0.4 is 10.5 Å². The van der Waals surface area contributed by atoms with Gasteiger partial charge in [-0.05, 0) is 43.1 Å². The summed E-state index contributed by atoms with van der Waals surface area (Å²) < 4.78 is 5.21. The number of hydrogen-bond acceptors (Lipinski definition) is 4. The van der Waals surface area contributed by atoms with Gasteiger partial charge in [-0.2, -0.15) is 0 Å². The predicted molar refractivity (Wildman–Crippen MR) is 90.3 cm³/mol. The van der Waals surface area contributed by atoms with Crippen LogP contribution in [0.25, 0.3) is 0 Å². The fourth-order valence-electron chi connectivity index (χ4n) is 2.43. The zero-order valence-electron chi connectivity index (χ0n) is 12.5. The Morgan fingerprint density at radius 3 is 2.67 bits per heavy atom. The van der Waals surface area contributed by atoms with Crippen molar-refractivity contribution in [2.24, 2.45) is 5.73 Å². The number of thiophene rings is 1. The summed E-state index contributed by atoms with van der Waals surface area (Å²) in [6.45, 7) is 2.73. The molecule has 2 aromatic rings. The summed E-state index contributed by atoms with van der Waals surface area (Å²) in [5.41, 5.74) is 7.11. The Morgan fingerprint density at radius 1 is 1.38 bits per heavy atom. The highest BCUT2D eigenvalue weighted by molar-refractivity contribution is 7.10. The van der Waals surface area contributed by atoms with Crippen LogP contribution in [0.4, 0.5) is 0 Å². The maximum absolute atomic E-state index is 6.23. The highest BCUT2D eigenvalue weighted by Crippen LogP contribution is 2.33. The molecule has 114 valence electrons. The number of nitrogens with two attached hydrogens (primary N) is 1. The molecule has 0 saturated carbocycles. The summed E-state index contributed by atoms with van der Waals surface area (Å²) in [7, 11) is 3.71. The number of ether oxygens (including phenoxy) is 1. The highest BCUT2D eigenvalue weighted by Gasteiger charge is 2.22. The minimum absolute atomic E-state index is 0.116. The van der Waals surface area contributed by atoms with E-state index in [9.17, 15) is 0 Å². The molecule has 0 aliphatic carbocycles. The quantitative estimate of drug-likeness (QED) is 0.869. The van der Waals surface area contributed by atoms with Crippen LogP contribution in [0.15, 0.2) is 35.7 Å². The van der Waals surface area contributed by atoms with Crippen molar-refractivity contribution in [3.8, 4) is 5.75 Å². The molecule has 1 heterocycles. The second-order valence-corrected chi connectivity index (χ2v) is 6.39. The Hall–Kier alpha value is -1.07. The number of nitrogens with zero attached hydrogens (tertiary/aromatic N) is 1. The van der Waals surface area contributed by atoms with E-state index in [0.717, 1.165) is 5.56 Å². The molecule has 3 nitrogen and oxygen atoms in total. The average molecular weight is 325 g/mol. The summed E-state index contributed by atoms with van der Waals surface area (Å²) in [5.74, 6) is 0.685. The van der Waals surface area contributed by atoms with E-state index in [1.165, 1.54) is 4.88 Å². The molecular formula is C16H21ClN2OS. The van der Waals surface area contributed by atoms with E-state index in [4.69, 9.17) is 22.1 Å². The fourth-order valence-corrected chi connectivity index (χ4v) is 3.53. The monoisotopic (exact) mass is 324 g/mol. The Balaban J connectivity index is 2.24. The molecule has 2 rings (SSSR count). The topological polar surface area (TPSA) is 38.5 Å². The molecular weight excluding hydrogens is 304 g/mol. The second kappa shape index (κ2) is 7.27. The van der Waals surface area contributed by atoms with Crippen LogP contribution in [0.5, 0.6) is 5.75 Å². The maximum Gasteiger partial charge on any atom is 0.137 e. The van der Waals surface area contributed by atoms with Gasteiger partial charge in [-0.25, -0.2) is 0 Å². The number of halogens is 1. The van der Waals surface area contributed by atoms with Crippen LogP contribution in [0.3, 0.4) is 0 Å². The van der Waals surface area contributed by atoms with E-state index in [-0.39, 0.29) is 6.04 Å². The molecule has 1 aromatic heterocycles. The Bertz CT molecular complexity index is 574. The van der Waals surface area contributed by atoms with Crippen molar-refractivity contribution >= 4 is 22.9 Å². The number of rotatable bonds is 6. The number of methoxy groups -OCH3 is 1. The van der Waals surface area contributed by atoms with Crippen LogP contribution in [0.2, 0.25) is 5.02 Å². The third-order valence-corrected chi connectivity index (χ3v) is 5.18. The molecule has 1 aromatic carbocycles. The van der Waals surface area contributed by atoms with Gasteiger partial charge in [0.25, 0.3) is 0 Å². The van der Waals surface area contributed by atoms with Gasteiger partial charge in [0.05, 0.1) is 12.1 Å². The molecule has 0 radical (unpaired) electrons. The third kappa shape index (κ3) is 3.58. The van der Waals surface area contributed by atoms with Crippen molar-refractivity contribution in [1.29, 1.82) is 0 Å². The first-order valence-electron chi connectivity index (χ1n) is 6.87. The summed E-state index contributed by atoms with van der Waals surface area (Å²) in [5, 5.41) is 2.71. The van der Waals surface area contributed by atoms with Crippen molar-refractivity contribution < 1.29 is 4.74 Å². The van der Waals surface area contributed by atoms with Crippen molar-refractivity contribution in [3.05, 3.63) is 51.2 Å². The number of hydrogen-bond donors (Lipinski definition) is 1. The Kier molecular flexibility index (Phi) is 5.65. The number of benzene rings is 1. The van der Waals surface area contributed by atoms with E-state index >= 15 is 0 Å². The van der Waals surface area contributed by atoms with E-state index in [2.05, 4.69) is 36.4 Å². The lowest BCUT2D eigenvalue weighted by atomic mass is 10.0. The lowest BCUT2D eigenvalue weighted by Crippen LogP contribution is -2.32. The lowest BCUT2D eigenvalue weighted by Gasteiger charge is -2.32. The van der Waals surface area contributed by atoms with Gasteiger partial charge in [-0.1, -0.05) is 23.7 Å². The van der Waals surface area contributed by atoms with Gasteiger partial charge in [-0.15, -0.1) is 11.3 Å². The molecule has 0 aliphatic heterocycles. The van der Waals surface area contributed by atoms with Crippen molar-refractivity contribution in [2.45, 2.75) is 19.0 Å². The van der Waals surface area contributed by atoms with Crippen LogP contribution >= 0.6 is 22.9 Å². The SMILES string of the molecule is COc1ccc(C(CN)N(C)C(C)c2cccs2)cc1Cl. The molecule has 0 aliphatic rings. The van der Waals surface area contributed by atoms with Gasteiger partial charge < -0.3 is 10.5 Å². The van der Waals surface area contributed by atoms with E-state index < -0.39 is 0 Å². The molecule has 0 amide bonds.